The van der Waals surface area contributed by atoms with Crippen LogP contribution in [0.3, 0.4) is 0 Å². The Labute approximate surface area is 173 Å². The van der Waals surface area contributed by atoms with Gasteiger partial charge < -0.3 is 25.4 Å². The maximum absolute atomic E-state index is 11.8. The van der Waals surface area contributed by atoms with Crippen LogP contribution < -0.4 is 20.7 Å². The van der Waals surface area contributed by atoms with E-state index in [4.69, 9.17) is 9.47 Å². The Bertz CT molecular complexity index is 579. The zero-order valence-corrected chi connectivity index (χ0v) is 18.5. The minimum absolute atomic E-state index is 0. The van der Waals surface area contributed by atoms with E-state index in [1.54, 1.807) is 21.2 Å². The predicted octanol–water partition coefficient (Wildman–Crippen LogP) is 2.48. The van der Waals surface area contributed by atoms with E-state index >= 15 is 0 Å². The number of halogens is 1. The lowest BCUT2D eigenvalue weighted by Gasteiger charge is -2.24. The number of benzene rings is 1. The van der Waals surface area contributed by atoms with Crippen LogP contribution in [-0.2, 0) is 9.53 Å². The Morgan fingerprint density at radius 1 is 1.27 bits per heavy atom. The molecule has 26 heavy (non-hydrogen) atoms. The number of carbonyl (C=O) groups is 1. The molecule has 3 N–H and O–H groups in total. The van der Waals surface area contributed by atoms with Gasteiger partial charge in [0.1, 0.15) is 5.75 Å². The van der Waals surface area contributed by atoms with Crippen molar-refractivity contribution in [2.24, 2.45) is 10.4 Å². The second-order valence-corrected chi connectivity index (χ2v) is 6.24. The van der Waals surface area contributed by atoms with Gasteiger partial charge in [0.15, 0.2) is 5.96 Å². The van der Waals surface area contributed by atoms with Crippen LogP contribution >= 0.6 is 24.0 Å². The molecule has 7 nitrogen and oxygen atoms in total. The number of rotatable bonds is 9. The molecule has 1 aromatic carbocycles. The molecule has 0 aliphatic heterocycles. The van der Waals surface area contributed by atoms with Crippen LogP contribution in [0.1, 0.15) is 20.3 Å². The molecule has 8 heteroatoms. The third-order valence-electron chi connectivity index (χ3n) is 3.62. The summed E-state index contributed by atoms with van der Waals surface area (Å²) in [4.78, 5) is 16.0. The number of carbonyl (C=O) groups excluding carboxylic acids is 1. The Morgan fingerprint density at radius 2 is 2.00 bits per heavy atom. The van der Waals surface area contributed by atoms with Crippen molar-refractivity contribution < 1.29 is 14.3 Å². The van der Waals surface area contributed by atoms with Crippen molar-refractivity contribution in [1.29, 1.82) is 0 Å². The Balaban J connectivity index is 0.00000625. The highest BCUT2D eigenvalue weighted by molar-refractivity contribution is 14.0. The van der Waals surface area contributed by atoms with Crippen LogP contribution in [0.25, 0.3) is 0 Å². The predicted molar refractivity (Wildman–Crippen MR) is 117 cm³/mol. The van der Waals surface area contributed by atoms with Crippen LogP contribution in [0.4, 0.5) is 5.69 Å². The minimum atomic E-state index is -0.543. The normalized spacial score (nSPS) is 11.3. The third-order valence-corrected chi connectivity index (χ3v) is 3.62. The number of anilines is 1. The summed E-state index contributed by atoms with van der Waals surface area (Å²) in [5.41, 5.74) is 0.314. The van der Waals surface area contributed by atoms with Gasteiger partial charge in [-0.05, 0) is 26.0 Å². The van der Waals surface area contributed by atoms with Crippen LogP contribution in [-0.4, -0.2) is 52.8 Å². The summed E-state index contributed by atoms with van der Waals surface area (Å²) >= 11 is 0. The van der Waals surface area contributed by atoms with Crippen LogP contribution in [0.5, 0.6) is 5.75 Å². The minimum Gasteiger partial charge on any atom is -0.493 e. The highest BCUT2D eigenvalue weighted by Crippen LogP contribution is 2.18. The average Bonchev–Trinajstić information content (AvgIpc) is 2.61. The number of nitrogens with one attached hydrogen (secondary N) is 3. The zero-order chi connectivity index (χ0) is 18.7. The van der Waals surface area contributed by atoms with Crippen LogP contribution in [0.2, 0.25) is 0 Å². The molecule has 0 aliphatic carbocycles. The first kappa shape index (κ1) is 24.5. The molecular weight excluding hydrogens is 447 g/mol. The molecular formula is C18H31IN4O3. The van der Waals surface area contributed by atoms with Crippen molar-refractivity contribution in [3.8, 4) is 5.75 Å². The lowest BCUT2D eigenvalue weighted by molar-refractivity contribution is -0.128. The van der Waals surface area contributed by atoms with E-state index in [2.05, 4.69) is 20.9 Å². The first-order valence-electron chi connectivity index (χ1n) is 8.34. The van der Waals surface area contributed by atoms with Gasteiger partial charge in [0.25, 0.3) is 0 Å². The molecule has 1 rings (SSSR count). The largest absolute Gasteiger partial charge is 0.493 e. The Hall–Kier alpha value is -1.55. The van der Waals surface area contributed by atoms with E-state index in [0.29, 0.717) is 25.7 Å². The van der Waals surface area contributed by atoms with Crippen molar-refractivity contribution >= 4 is 41.5 Å². The molecule has 1 amide bonds. The quantitative estimate of drug-likeness (QED) is 0.220. The number of hydrogen-bond acceptors (Lipinski definition) is 4. The molecule has 0 saturated carbocycles. The molecule has 0 fully saturated rings. The highest BCUT2D eigenvalue weighted by Gasteiger charge is 2.26. The van der Waals surface area contributed by atoms with Gasteiger partial charge in [-0.1, -0.05) is 6.07 Å². The molecule has 0 aromatic heterocycles. The van der Waals surface area contributed by atoms with Crippen molar-refractivity contribution in [3.63, 3.8) is 0 Å². The summed E-state index contributed by atoms with van der Waals surface area (Å²) in [6, 6.07) is 7.65. The summed E-state index contributed by atoms with van der Waals surface area (Å²) in [5, 5.41) is 9.04. The molecule has 0 atom stereocenters. The molecule has 0 unspecified atom stereocenters. The van der Waals surface area contributed by atoms with Crippen molar-refractivity contribution in [2.45, 2.75) is 20.3 Å². The van der Waals surface area contributed by atoms with Gasteiger partial charge in [-0.2, -0.15) is 0 Å². The molecule has 0 bridgehead atoms. The summed E-state index contributed by atoms with van der Waals surface area (Å²) in [6.45, 7) is 5.49. The van der Waals surface area contributed by atoms with Crippen LogP contribution in [0, 0.1) is 5.41 Å². The number of guanidine groups is 1. The molecule has 0 saturated heterocycles. The van der Waals surface area contributed by atoms with E-state index in [1.807, 2.05) is 38.1 Å². The molecule has 0 spiro atoms. The van der Waals surface area contributed by atoms with E-state index in [-0.39, 0.29) is 29.9 Å². The monoisotopic (exact) mass is 478 g/mol. The van der Waals surface area contributed by atoms with Crippen molar-refractivity contribution in [2.75, 3.05) is 46.3 Å². The van der Waals surface area contributed by atoms with Crippen molar-refractivity contribution in [3.05, 3.63) is 24.3 Å². The molecule has 0 radical (unpaired) electrons. The zero-order valence-electron chi connectivity index (χ0n) is 16.2. The fraction of sp³-hybridized carbons (Fsp3) is 0.556. The fourth-order valence-electron chi connectivity index (χ4n) is 2.10. The molecule has 148 valence electrons. The summed E-state index contributed by atoms with van der Waals surface area (Å²) in [5.74, 6) is 1.35. The van der Waals surface area contributed by atoms with Gasteiger partial charge in [-0.25, -0.2) is 0 Å². The maximum atomic E-state index is 11.8. The first-order valence-corrected chi connectivity index (χ1v) is 8.34. The Morgan fingerprint density at radius 3 is 2.62 bits per heavy atom. The second kappa shape index (κ2) is 12.7. The number of ether oxygens (including phenoxy) is 2. The Kier molecular flexibility index (Phi) is 12.0. The van der Waals surface area contributed by atoms with E-state index in [1.165, 1.54) is 0 Å². The molecule has 1 aromatic rings. The van der Waals surface area contributed by atoms with Crippen LogP contribution in [0.15, 0.2) is 29.3 Å². The van der Waals surface area contributed by atoms with E-state index in [0.717, 1.165) is 17.9 Å². The van der Waals surface area contributed by atoms with Gasteiger partial charge in [0, 0.05) is 52.5 Å². The van der Waals surface area contributed by atoms with Gasteiger partial charge in [-0.3, -0.25) is 9.79 Å². The summed E-state index contributed by atoms with van der Waals surface area (Å²) in [7, 11) is 5.00. The lowest BCUT2D eigenvalue weighted by Crippen LogP contribution is -2.45. The van der Waals surface area contributed by atoms with Gasteiger partial charge >= 0.3 is 0 Å². The number of aliphatic imine (C=N–C) groups is 1. The average molecular weight is 478 g/mol. The van der Waals surface area contributed by atoms with E-state index < -0.39 is 5.41 Å². The smallest absolute Gasteiger partial charge is 0.227 e. The number of hydrogen-bond donors (Lipinski definition) is 3. The summed E-state index contributed by atoms with van der Waals surface area (Å²) < 4.78 is 10.7. The van der Waals surface area contributed by atoms with Gasteiger partial charge in [0.2, 0.25) is 5.91 Å². The SMILES string of the molecule is CN=C(NCC(C)(C)C(=O)NC)Nc1cccc(OCCCOC)c1.I. The first-order chi connectivity index (χ1) is 11.9. The maximum Gasteiger partial charge on any atom is 0.227 e. The topological polar surface area (TPSA) is 84.0 Å². The fourth-order valence-corrected chi connectivity index (χ4v) is 2.10. The standard InChI is InChI=1S/C18H30N4O3.HI/c1-18(2,16(23)19-3)13-21-17(20-4)22-14-8-6-9-15(12-14)25-11-7-10-24-5;/h6,8-9,12H,7,10-11,13H2,1-5H3,(H,19,23)(H2,20,21,22);1H. The number of amides is 1. The highest BCUT2D eigenvalue weighted by atomic mass is 127. The third kappa shape index (κ3) is 8.70. The number of nitrogens with zero attached hydrogens (tertiary/aromatic N) is 1. The molecule has 0 aliphatic rings. The van der Waals surface area contributed by atoms with Gasteiger partial charge in [-0.15, -0.1) is 24.0 Å². The molecule has 0 heterocycles. The van der Waals surface area contributed by atoms with Gasteiger partial charge in [0.05, 0.1) is 12.0 Å². The number of methoxy groups -OCH3 is 1. The second-order valence-electron chi connectivity index (χ2n) is 6.24. The van der Waals surface area contributed by atoms with Crippen molar-refractivity contribution in [1.82, 2.24) is 10.6 Å². The van der Waals surface area contributed by atoms with E-state index in [9.17, 15) is 4.79 Å². The lowest BCUT2D eigenvalue weighted by atomic mass is 9.92. The summed E-state index contributed by atoms with van der Waals surface area (Å²) in [6.07, 6.45) is 0.839.